The number of ether oxygens (including phenoxy) is 3. The molecule has 0 saturated carbocycles. The summed E-state index contributed by atoms with van der Waals surface area (Å²) in [6.45, 7) is 6.09. The average Bonchev–Trinajstić information content (AvgIpc) is 3.20. The first kappa shape index (κ1) is 23.9. The highest BCUT2D eigenvalue weighted by Crippen LogP contribution is 2.32. The SMILES string of the molecule is C=C1CC[C@@H](Oc2ccc(C3CC(=O)N[S+]3[O-])cc2)C/C=C\C=C/1Oc1ccc(OC)nc1C. The Bertz CT molecular complexity index is 1110. The maximum absolute atomic E-state index is 12.0. The minimum atomic E-state index is -1.37. The largest absolute Gasteiger partial charge is 0.593 e. The van der Waals surface area contributed by atoms with Gasteiger partial charge in [0.05, 0.1) is 30.6 Å². The van der Waals surface area contributed by atoms with E-state index in [2.05, 4.69) is 22.4 Å². The van der Waals surface area contributed by atoms with Crippen LogP contribution in [0.2, 0.25) is 0 Å². The Morgan fingerprint density at radius 1 is 1.21 bits per heavy atom. The van der Waals surface area contributed by atoms with Gasteiger partial charge in [-0.1, -0.05) is 30.9 Å². The Hall–Kier alpha value is -3.23. The van der Waals surface area contributed by atoms with Crippen LogP contribution in [0.1, 0.15) is 42.2 Å². The Morgan fingerprint density at radius 2 is 2.00 bits per heavy atom. The van der Waals surface area contributed by atoms with Crippen LogP contribution in [0.3, 0.4) is 0 Å². The van der Waals surface area contributed by atoms with E-state index >= 15 is 0 Å². The number of amides is 1. The summed E-state index contributed by atoms with van der Waals surface area (Å²) in [7, 11) is 1.58. The van der Waals surface area contributed by atoms with E-state index in [1.807, 2.05) is 49.4 Å². The van der Waals surface area contributed by atoms with Gasteiger partial charge in [-0.05, 0) is 49.6 Å². The molecule has 0 bridgehead atoms. The number of nitrogens with one attached hydrogen (secondary N) is 1. The van der Waals surface area contributed by atoms with E-state index in [-0.39, 0.29) is 23.7 Å². The minimum absolute atomic E-state index is 0.0279. The zero-order valence-electron chi connectivity index (χ0n) is 19.3. The van der Waals surface area contributed by atoms with Gasteiger partial charge in [0.25, 0.3) is 5.91 Å². The molecule has 2 aliphatic rings. The van der Waals surface area contributed by atoms with Crippen molar-refractivity contribution in [3.8, 4) is 17.4 Å². The van der Waals surface area contributed by atoms with Crippen LogP contribution >= 0.6 is 0 Å². The molecule has 1 aromatic carbocycles. The molecule has 2 aromatic rings. The zero-order chi connectivity index (χ0) is 24.1. The van der Waals surface area contributed by atoms with Crippen molar-refractivity contribution < 1.29 is 23.6 Å². The molecule has 34 heavy (non-hydrogen) atoms. The Kier molecular flexibility index (Phi) is 7.59. The molecule has 2 heterocycles. The fraction of sp³-hybridized carbons (Fsp3) is 0.308. The van der Waals surface area contributed by atoms with Gasteiger partial charge in [0, 0.05) is 18.1 Å². The molecule has 1 aliphatic carbocycles. The molecule has 8 heteroatoms. The standard InChI is InChI=1S/C26H28N2O5S/c1-17-8-11-20(32-21-12-9-19(10-13-21)24-16-25(29)28-34(24)30)6-4-5-7-22(17)33-23-14-15-26(31-3)27-18(23)2/h4-5,7,9-10,12-15,20,24H,1,6,8,11,16H2,2-3H3,(H,28,29)/b5-4-,22-7+/t20-,24?,34?/m0/s1. The first-order chi connectivity index (χ1) is 16.4. The highest BCUT2D eigenvalue weighted by molar-refractivity contribution is 7.90. The summed E-state index contributed by atoms with van der Waals surface area (Å²) in [4.78, 5) is 15.8. The van der Waals surface area contributed by atoms with E-state index in [1.165, 1.54) is 0 Å². The van der Waals surface area contributed by atoms with Crippen molar-refractivity contribution in [3.63, 3.8) is 0 Å². The first-order valence-electron chi connectivity index (χ1n) is 11.1. The Balaban J connectivity index is 1.36. The number of benzene rings is 1. The number of carbonyl (C=O) groups is 1. The zero-order valence-corrected chi connectivity index (χ0v) is 20.1. The van der Waals surface area contributed by atoms with Crippen molar-refractivity contribution in [2.24, 2.45) is 0 Å². The van der Waals surface area contributed by atoms with Gasteiger partial charge in [-0.15, -0.1) is 0 Å². The number of hydrogen-bond donors (Lipinski definition) is 1. The monoisotopic (exact) mass is 480 g/mol. The summed E-state index contributed by atoms with van der Waals surface area (Å²) in [6, 6.07) is 11.1. The smallest absolute Gasteiger partial charge is 0.266 e. The van der Waals surface area contributed by atoms with E-state index in [0.29, 0.717) is 23.8 Å². The molecule has 1 fully saturated rings. The van der Waals surface area contributed by atoms with E-state index in [1.54, 1.807) is 13.2 Å². The van der Waals surface area contributed by atoms with Gasteiger partial charge in [0.1, 0.15) is 23.4 Å². The van der Waals surface area contributed by atoms with Gasteiger partial charge in [-0.25, -0.2) is 4.98 Å². The second-order valence-corrected chi connectivity index (χ2v) is 9.57. The molecule has 1 aliphatic heterocycles. The number of rotatable bonds is 6. The predicted molar refractivity (Wildman–Crippen MR) is 131 cm³/mol. The van der Waals surface area contributed by atoms with Gasteiger partial charge in [0.2, 0.25) is 5.88 Å². The van der Waals surface area contributed by atoms with E-state index in [4.69, 9.17) is 14.2 Å². The second-order valence-electron chi connectivity index (χ2n) is 8.20. The number of aryl methyl sites for hydroxylation is 1. The first-order valence-corrected chi connectivity index (χ1v) is 12.4. The van der Waals surface area contributed by atoms with Crippen LogP contribution in [0.25, 0.3) is 0 Å². The summed E-state index contributed by atoms with van der Waals surface area (Å²) < 4.78 is 32.0. The van der Waals surface area contributed by atoms with Crippen molar-refractivity contribution in [1.29, 1.82) is 0 Å². The van der Waals surface area contributed by atoms with Crippen molar-refractivity contribution in [3.05, 3.63) is 83.8 Å². The van der Waals surface area contributed by atoms with Gasteiger partial charge >= 0.3 is 0 Å². The molecule has 0 radical (unpaired) electrons. The molecule has 1 amide bonds. The summed E-state index contributed by atoms with van der Waals surface area (Å²) in [6.07, 6.45) is 8.37. The predicted octanol–water partition coefficient (Wildman–Crippen LogP) is 4.63. The lowest BCUT2D eigenvalue weighted by Gasteiger charge is -2.19. The quantitative estimate of drug-likeness (QED) is 0.606. The fourth-order valence-electron chi connectivity index (χ4n) is 3.82. The minimum Gasteiger partial charge on any atom is -0.593 e. The van der Waals surface area contributed by atoms with Gasteiger partial charge < -0.3 is 18.8 Å². The third-order valence-electron chi connectivity index (χ3n) is 5.74. The van der Waals surface area contributed by atoms with Crippen LogP contribution in [0.15, 0.2) is 72.5 Å². The van der Waals surface area contributed by atoms with E-state index in [0.717, 1.165) is 35.4 Å². The number of pyridine rings is 1. The highest BCUT2D eigenvalue weighted by atomic mass is 32.2. The van der Waals surface area contributed by atoms with Crippen molar-refractivity contribution in [2.45, 2.75) is 44.0 Å². The molecule has 4 rings (SSSR count). The van der Waals surface area contributed by atoms with Gasteiger partial charge in [-0.3, -0.25) is 4.79 Å². The topological polar surface area (TPSA) is 92.7 Å². The van der Waals surface area contributed by atoms with Crippen LogP contribution in [0.4, 0.5) is 0 Å². The number of aromatic nitrogens is 1. The average molecular weight is 481 g/mol. The van der Waals surface area contributed by atoms with Crippen LogP contribution in [-0.2, 0) is 16.2 Å². The lowest BCUT2D eigenvalue weighted by atomic mass is 10.1. The lowest BCUT2D eigenvalue weighted by Crippen LogP contribution is -2.21. The molecule has 7 nitrogen and oxygen atoms in total. The summed E-state index contributed by atoms with van der Waals surface area (Å²) in [5.41, 5.74) is 2.48. The molecule has 3 atom stereocenters. The number of carbonyl (C=O) groups excluding carboxylic acids is 1. The third-order valence-corrected chi connectivity index (χ3v) is 7.12. The number of hydrogen-bond acceptors (Lipinski definition) is 6. The number of nitrogens with zero attached hydrogens (tertiary/aromatic N) is 1. The van der Waals surface area contributed by atoms with E-state index < -0.39 is 11.4 Å². The summed E-state index contributed by atoms with van der Waals surface area (Å²) in [5, 5.41) is -0.313. The van der Waals surface area contributed by atoms with Crippen LogP contribution in [0, 0.1) is 6.92 Å². The third kappa shape index (κ3) is 5.81. The lowest BCUT2D eigenvalue weighted by molar-refractivity contribution is -0.118. The van der Waals surface area contributed by atoms with Gasteiger partial charge in [0.15, 0.2) is 5.25 Å². The van der Waals surface area contributed by atoms with Crippen molar-refractivity contribution >= 4 is 17.3 Å². The van der Waals surface area contributed by atoms with Gasteiger partial charge in [-0.2, -0.15) is 4.72 Å². The molecular weight excluding hydrogens is 452 g/mol. The molecule has 178 valence electrons. The number of methoxy groups -OCH3 is 1. The molecule has 1 saturated heterocycles. The van der Waals surface area contributed by atoms with E-state index in [9.17, 15) is 9.35 Å². The fourth-order valence-corrected chi connectivity index (χ4v) is 4.98. The second kappa shape index (κ2) is 10.8. The van der Waals surface area contributed by atoms with Crippen LogP contribution in [-0.4, -0.2) is 28.7 Å². The maximum Gasteiger partial charge on any atom is 0.266 e. The molecular formula is C26H28N2O5S. The summed E-state index contributed by atoms with van der Waals surface area (Å²) in [5.74, 6) is 2.45. The highest BCUT2D eigenvalue weighted by Gasteiger charge is 2.36. The normalized spacial score (nSPS) is 25.3. The van der Waals surface area contributed by atoms with Crippen LogP contribution < -0.4 is 18.9 Å². The van der Waals surface area contributed by atoms with Crippen molar-refractivity contribution in [2.75, 3.05) is 7.11 Å². The molecule has 0 spiro atoms. The van der Waals surface area contributed by atoms with Crippen molar-refractivity contribution in [1.82, 2.24) is 9.71 Å². The van der Waals surface area contributed by atoms with Crippen LogP contribution in [0.5, 0.6) is 17.4 Å². The molecule has 1 aromatic heterocycles. The Labute approximate surface area is 202 Å². The molecule has 2 unspecified atom stereocenters. The number of allylic oxidation sites excluding steroid dienone is 3. The summed E-state index contributed by atoms with van der Waals surface area (Å²) >= 11 is -1.37. The molecule has 1 N–H and O–H groups in total. The Morgan fingerprint density at radius 3 is 2.68 bits per heavy atom. The maximum atomic E-state index is 12.0.